The van der Waals surface area contributed by atoms with Crippen molar-refractivity contribution in [3.8, 4) is 0 Å². The van der Waals surface area contributed by atoms with Gasteiger partial charge in [-0.05, 0) is 32.6 Å². The van der Waals surface area contributed by atoms with Crippen LogP contribution >= 0.6 is 0 Å². The maximum Gasteiger partial charge on any atom is 0.275 e. The monoisotopic (exact) mass is 344 g/mol. The first kappa shape index (κ1) is 16.3. The summed E-state index contributed by atoms with van der Waals surface area (Å²) in [6.07, 6.45) is 6.04. The molecule has 0 unspecified atom stereocenters. The van der Waals surface area contributed by atoms with Crippen LogP contribution in [0.3, 0.4) is 0 Å². The van der Waals surface area contributed by atoms with Crippen molar-refractivity contribution in [2.75, 3.05) is 13.7 Å². The number of aromatic nitrogens is 5. The summed E-state index contributed by atoms with van der Waals surface area (Å²) in [5.74, 6) is 1.34. The second kappa shape index (κ2) is 6.59. The van der Waals surface area contributed by atoms with Gasteiger partial charge in [-0.25, -0.2) is 4.98 Å². The molecular weight excluding hydrogens is 320 g/mol. The fourth-order valence-corrected chi connectivity index (χ4v) is 3.92. The number of ether oxygens (including phenoxy) is 1. The number of methoxy groups -OCH3 is 1. The quantitative estimate of drug-likeness (QED) is 0.826. The van der Waals surface area contributed by atoms with Crippen molar-refractivity contribution in [1.82, 2.24) is 30.3 Å². The number of rotatable bonds is 3. The molecule has 0 spiro atoms. The summed E-state index contributed by atoms with van der Waals surface area (Å²) in [4.78, 5) is 19.5. The predicted molar refractivity (Wildman–Crippen MR) is 90.2 cm³/mol. The van der Waals surface area contributed by atoms with Crippen LogP contribution in [0.2, 0.25) is 0 Å². The summed E-state index contributed by atoms with van der Waals surface area (Å²) < 4.78 is 5.51. The third-order valence-corrected chi connectivity index (χ3v) is 5.28. The van der Waals surface area contributed by atoms with E-state index >= 15 is 0 Å². The predicted octanol–water partition coefficient (Wildman–Crippen LogP) is 1.71. The molecule has 8 nitrogen and oxygen atoms in total. The van der Waals surface area contributed by atoms with Crippen LogP contribution in [0.5, 0.6) is 0 Å². The van der Waals surface area contributed by atoms with Gasteiger partial charge in [0, 0.05) is 31.3 Å². The molecule has 0 bridgehead atoms. The summed E-state index contributed by atoms with van der Waals surface area (Å²) in [6.45, 7) is 2.40. The number of nitrogens with one attached hydrogen (secondary N) is 2. The molecular formula is C17H24N6O2. The Morgan fingerprint density at radius 1 is 1.20 bits per heavy atom. The molecule has 2 N–H and O–H groups in total. The highest BCUT2D eigenvalue weighted by Gasteiger charge is 2.40. The van der Waals surface area contributed by atoms with Crippen LogP contribution in [-0.4, -0.2) is 55.9 Å². The molecule has 0 saturated carbocycles. The normalized spacial score (nSPS) is 23.5. The molecule has 3 heterocycles. The highest BCUT2D eigenvalue weighted by atomic mass is 16.5. The SMILES string of the molecule is CO[C@@H]1C[C@@H](c2n[nH]c(C)n2)N(C(=O)c2n[nH]c3c2CCCCC3)C1. The van der Waals surface area contributed by atoms with Crippen molar-refractivity contribution >= 4 is 5.91 Å². The molecule has 1 fully saturated rings. The summed E-state index contributed by atoms with van der Waals surface area (Å²) in [5.41, 5.74) is 2.77. The molecule has 25 heavy (non-hydrogen) atoms. The minimum Gasteiger partial charge on any atom is -0.380 e. The second-order valence-corrected chi connectivity index (χ2v) is 6.94. The average Bonchev–Trinajstić information content (AvgIpc) is 3.29. The van der Waals surface area contributed by atoms with E-state index in [1.165, 1.54) is 6.42 Å². The molecule has 1 aliphatic heterocycles. The number of aryl methyl sites for hydroxylation is 2. The molecule has 1 aliphatic carbocycles. The van der Waals surface area contributed by atoms with E-state index in [1.807, 2.05) is 11.8 Å². The van der Waals surface area contributed by atoms with Gasteiger partial charge < -0.3 is 9.64 Å². The zero-order valence-corrected chi connectivity index (χ0v) is 14.7. The standard InChI is InChI=1S/C17H24N6O2/c1-10-18-16(22-19-10)14-8-11(25-2)9-23(14)17(24)15-12-6-4-3-5-7-13(12)20-21-15/h11,14H,3-9H2,1-2H3,(H,20,21)(H,18,19,22)/t11-,14+/m1/s1. The minimum absolute atomic E-state index is 0.00898. The van der Waals surface area contributed by atoms with Crippen LogP contribution in [0.1, 0.15) is 65.1 Å². The molecule has 1 saturated heterocycles. The van der Waals surface area contributed by atoms with Gasteiger partial charge in [0.15, 0.2) is 11.5 Å². The number of carbonyl (C=O) groups excluding carboxylic acids is 1. The largest absolute Gasteiger partial charge is 0.380 e. The molecule has 8 heteroatoms. The number of carbonyl (C=O) groups is 1. The van der Waals surface area contributed by atoms with Crippen molar-refractivity contribution in [1.29, 1.82) is 0 Å². The number of nitrogens with zero attached hydrogens (tertiary/aromatic N) is 4. The second-order valence-electron chi connectivity index (χ2n) is 6.94. The van der Waals surface area contributed by atoms with E-state index < -0.39 is 0 Å². The van der Waals surface area contributed by atoms with Gasteiger partial charge >= 0.3 is 0 Å². The Morgan fingerprint density at radius 2 is 2.04 bits per heavy atom. The number of H-pyrrole nitrogens is 2. The Hall–Kier alpha value is -2.22. The highest BCUT2D eigenvalue weighted by molar-refractivity contribution is 5.94. The van der Waals surface area contributed by atoms with Crippen molar-refractivity contribution in [3.63, 3.8) is 0 Å². The van der Waals surface area contributed by atoms with Gasteiger partial charge in [0.1, 0.15) is 5.82 Å². The van der Waals surface area contributed by atoms with Gasteiger partial charge in [0.25, 0.3) is 5.91 Å². The van der Waals surface area contributed by atoms with Crippen LogP contribution in [0.15, 0.2) is 0 Å². The van der Waals surface area contributed by atoms with E-state index in [0.29, 0.717) is 24.5 Å². The van der Waals surface area contributed by atoms with Crippen LogP contribution < -0.4 is 0 Å². The molecule has 4 rings (SSSR count). The first-order valence-electron chi connectivity index (χ1n) is 8.96. The third kappa shape index (κ3) is 2.95. The number of likely N-dealkylation sites (tertiary alicyclic amines) is 1. The number of aromatic amines is 2. The zero-order valence-electron chi connectivity index (χ0n) is 14.7. The summed E-state index contributed by atoms with van der Waals surface area (Å²) in [7, 11) is 1.68. The number of amides is 1. The molecule has 1 amide bonds. The molecule has 0 radical (unpaired) electrons. The number of hydrogen-bond donors (Lipinski definition) is 2. The van der Waals surface area contributed by atoms with E-state index in [9.17, 15) is 4.79 Å². The van der Waals surface area contributed by atoms with Gasteiger partial charge in [-0.15, -0.1) is 0 Å². The van der Waals surface area contributed by atoms with E-state index in [4.69, 9.17) is 4.74 Å². The summed E-state index contributed by atoms with van der Waals surface area (Å²) in [6, 6.07) is -0.180. The lowest BCUT2D eigenvalue weighted by Gasteiger charge is -2.21. The van der Waals surface area contributed by atoms with Crippen LogP contribution in [-0.2, 0) is 17.6 Å². The summed E-state index contributed by atoms with van der Waals surface area (Å²) >= 11 is 0. The Labute approximate surface area is 146 Å². The van der Waals surface area contributed by atoms with Gasteiger partial charge in [-0.2, -0.15) is 10.2 Å². The Balaban J connectivity index is 1.64. The van der Waals surface area contributed by atoms with E-state index in [0.717, 1.165) is 42.8 Å². The number of hydrogen-bond acceptors (Lipinski definition) is 5. The van der Waals surface area contributed by atoms with Crippen molar-refractivity contribution in [2.24, 2.45) is 0 Å². The maximum absolute atomic E-state index is 13.3. The summed E-state index contributed by atoms with van der Waals surface area (Å²) in [5, 5.41) is 14.6. The fraction of sp³-hybridized carbons (Fsp3) is 0.647. The molecule has 2 aliphatic rings. The van der Waals surface area contributed by atoms with Crippen molar-refractivity contribution < 1.29 is 9.53 Å². The Bertz CT molecular complexity index is 767. The third-order valence-electron chi connectivity index (χ3n) is 5.28. The van der Waals surface area contributed by atoms with Gasteiger partial charge in [0.05, 0.1) is 12.1 Å². The molecule has 2 aromatic heterocycles. The van der Waals surface area contributed by atoms with Crippen LogP contribution in [0.25, 0.3) is 0 Å². The molecule has 0 aromatic carbocycles. The fourth-order valence-electron chi connectivity index (χ4n) is 3.92. The van der Waals surface area contributed by atoms with E-state index in [-0.39, 0.29) is 18.1 Å². The topological polar surface area (TPSA) is 99.8 Å². The van der Waals surface area contributed by atoms with Gasteiger partial charge in [0.2, 0.25) is 0 Å². The first-order chi connectivity index (χ1) is 12.2. The van der Waals surface area contributed by atoms with Crippen molar-refractivity contribution in [3.05, 3.63) is 28.6 Å². The average molecular weight is 344 g/mol. The molecule has 2 atom stereocenters. The van der Waals surface area contributed by atoms with Crippen molar-refractivity contribution in [2.45, 2.75) is 57.6 Å². The van der Waals surface area contributed by atoms with E-state index in [1.54, 1.807) is 7.11 Å². The molecule has 134 valence electrons. The Morgan fingerprint density at radius 3 is 2.80 bits per heavy atom. The van der Waals surface area contributed by atoms with E-state index in [2.05, 4.69) is 25.4 Å². The Kier molecular flexibility index (Phi) is 4.29. The van der Waals surface area contributed by atoms with Crippen LogP contribution in [0, 0.1) is 6.92 Å². The maximum atomic E-state index is 13.3. The smallest absolute Gasteiger partial charge is 0.275 e. The lowest BCUT2D eigenvalue weighted by Crippen LogP contribution is -2.33. The van der Waals surface area contributed by atoms with Gasteiger partial charge in [-0.3, -0.25) is 15.0 Å². The first-order valence-corrected chi connectivity index (χ1v) is 8.96. The van der Waals surface area contributed by atoms with Crippen LogP contribution in [0.4, 0.5) is 0 Å². The minimum atomic E-state index is -0.180. The highest BCUT2D eigenvalue weighted by Crippen LogP contribution is 2.33. The number of fused-ring (bicyclic) bond motifs is 1. The lowest BCUT2D eigenvalue weighted by molar-refractivity contribution is 0.0677. The molecule has 2 aromatic rings. The van der Waals surface area contributed by atoms with Gasteiger partial charge in [-0.1, -0.05) is 6.42 Å². The zero-order chi connectivity index (χ0) is 17.4. The lowest BCUT2D eigenvalue weighted by atomic mass is 10.1.